The predicted molar refractivity (Wildman–Crippen MR) is 75.4 cm³/mol. The summed E-state index contributed by atoms with van der Waals surface area (Å²) in [5, 5.41) is 13.9. The third kappa shape index (κ3) is 3.66. The zero-order chi connectivity index (χ0) is 15.6. The van der Waals surface area contributed by atoms with Crippen LogP contribution in [0.5, 0.6) is 0 Å². The number of hydrogen-bond acceptors (Lipinski definition) is 6. The second kappa shape index (κ2) is 5.65. The monoisotopic (exact) mass is 309 g/mol. The molecule has 0 radical (unpaired) electrons. The van der Waals surface area contributed by atoms with Crippen LogP contribution in [0.25, 0.3) is 0 Å². The van der Waals surface area contributed by atoms with Crippen molar-refractivity contribution in [3.63, 3.8) is 0 Å². The molecule has 8 heteroatoms. The summed E-state index contributed by atoms with van der Waals surface area (Å²) in [5.74, 6) is -1.39. The number of rotatable bonds is 4. The molecule has 1 amide bonds. The normalized spacial score (nSPS) is 11.4. The van der Waals surface area contributed by atoms with Gasteiger partial charge in [-0.1, -0.05) is 20.8 Å². The van der Waals surface area contributed by atoms with Crippen LogP contribution in [0.4, 0.5) is 0 Å². The highest BCUT2D eigenvalue weighted by atomic mass is 32.1. The van der Waals surface area contributed by atoms with E-state index in [9.17, 15) is 9.59 Å². The van der Waals surface area contributed by atoms with E-state index in [1.807, 2.05) is 20.8 Å². The number of nitrogens with zero attached hydrogens (tertiary/aromatic N) is 2. The van der Waals surface area contributed by atoms with Crippen LogP contribution in [-0.4, -0.2) is 27.0 Å². The van der Waals surface area contributed by atoms with Crippen molar-refractivity contribution in [3.05, 3.63) is 33.9 Å². The SMILES string of the molecule is CC(C)(C)c1nc(C(=O)NCc2nc(C(=O)O)co2)cs1. The fraction of sp³-hybridized carbons (Fsp3) is 0.385. The number of hydrogen-bond donors (Lipinski definition) is 2. The lowest BCUT2D eigenvalue weighted by molar-refractivity contribution is 0.0690. The van der Waals surface area contributed by atoms with Crippen LogP contribution in [0, 0.1) is 0 Å². The Labute approximate surface area is 125 Å². The van der Waals surface area contributed by atoms with E-state index in [0.29, 0.717) is 5.69 Å². The first kappa shape index (κ1) is 15.2. The summed E-state index contributed by atoms with van der Waals surface area (Å²) in [7, 11) is 0. The summed E-state index contributed by atoms with van der Waals surface area (Å²) in [4.78, 5) is 30.6. The van der Waals surface area contributed by atoms with Gasteiger partial charge in [-0.25, -0.2) is 14.8 Å². The highest BCUT2D eigenvalue weighted by molar-refractivity contribution is 7.10. The number of carboxylic acid groups (broad SMARTS) is 1. The van der Waals surface area contributed by atoms with Crippen molar-refractivity contribution in [3.8, 4) is 0 Å². The molecule has 2 aromatic rings. The first-order valence-electron chi connectivity index (χ1n) is 6.19. The maximum absolute atomic E-state index is 11.9. The van der Waals surface area contributed by atoms with Crippen LogP contribution in [0.15, 0.2) is 16.1 Å². The Morgan fingerprint density at radius 2 is 2.05 bits per heavy atom. The summed E-state index contributed by atoms with van der Waals surface area (Å²) < 4.78 is 4.95. The molecule has 2 N–H and O–H groups in total. The van der Waals surface area contributed by atoms with E-state index < -0.39 is 5.97 Å². The Morgan fingerprint density at radius 1 is 1.33 bits per heavy atom. The first-order valence-corrected chi connectivity index (χ1v) is 7.07. The molecule has 0 saturated heterocycles. The van der Waals surface area contributed by atoms with Gasteiger partial charge < -0.3 is 14.8 Å². The molecule has 0 saturated carbocycles. The second-order valence-corrected chi connectivity index (χ2v) is 6.26. The second-order valence-electron chi connectivity index (χ2n) is 5.40. The minimum Gasteiger partial charge on any atom is -0.476 e. The Balaban J connectivity index is 1.98. The van der Waals surface area contributed by atoms with Crippen molar-refractivity contribution in [2.24, 2.45) is 0 Å². The maximum atomic E-state index is 11.9. The Bertz CT molecular complexity index is 669. The number of carboxylic acids is 1. The van der Waals surface area contributed by atoms with Crippen LogP contribution in [0.3, 0.4) is 0 Å². The molecule has 0 unspecified atom stereocenters. The molecule has 2 rings (SSSR count). The lowest BCUT2D eigenvalue weighted by Crippen LogP contribution is -2.23. The molecule has 0 atom stereocenters. The molecule has 21 heavy (non-hydrogen) atoms. The lowest BCUT2D eigenvalue weighted by atomic mass is 9.98. The van der Waals surface area contributed by atoms with Gasteiger partial charge in [0.25, 0.3) is 5.91 Å². The number of thiazole rings is 1. The highest BCUT2D eigenvalue weighted by Gasteiger charge is 2.20. The van der Waals surface area contributed by atoms with Crippen LogP contribution >= 0.6 is 11.3 Å². The summed E-state index contributed by atoms with van der Waals surface area (Å²) in [5.41, 5.74) is 0.0279. The van der Waals surface area contributed by atoms with Gasteiger partial charge in [0.05, 0.1) is 11.6 Å². The number of carbonyl (C=O) groups excluding carboxylic acids is 1. The molecule has 0 spiro atoms. The molecular formula is C13H15N3O4S. The molecule has 7 nitrogen and oxygen atoms in total. The average Bonchev–Trinajstić information content (AvgIpc) is 3.04. The Kier molecular flexibility index (Phi) is 4.08. The third-order valence-electron chi connectivity index (χ3n) is 2.55. The largest absolute Gasteiger partial charge is 0.476 e. The van der Waals surface area contributed by atoms with Crippen molar-refractivity contribution in [2.45, 2.75) is 32.7 Å². The molecule has 0 aliphatic heterocycles. The van der Waals surface area contributed by atoms with Crippen LogP contribution in [-0.2, 0) is 12.0 Å². The summed E-state index contributed by atoms with van der Waals surface area (Å²) in [6.07, 6.45) is 1.03. The quantitative estimate of drug-likeness (QED) is 0.895. The van der Waals surface area contributed by atoms with Gasteiger partial charge in [-0.3, -0.25) is 4.79 Å². The predicted octanol–water partition coefficient (Wildman–Crippen LogP) is 2.06. The highest BCUT2D eigenvalue weighted by Crippen LogP contribution is 2.25. The standard InChI is InChI=1S/C13H15N3O4S/c1-13(2,3)12-16-8(6-21-12)10(17)14-4-9-15-7(5-20-9)11(18)19/h5-6H,4H2,1-3H3,(H,14,17)(H,18,19). The Morgan fingerprint density at radius 3 is 2.57 bits per heavy atom. The minimum atomic E-state index is -1.18. The van der Waals surface area contributed by atoms with E-state index >= 15 is 0 Å². The van der Waals surface area contributed by atoms with E-state index in [-0.39, 0.29) is 29.5 Å². The van der Waals surface area contributed by atoms with Crippen molar-refractivity contribution in [1.29, 1.82) is 0 Å². The number of nitrogens with one attached hydrogen (secondary N) is 1. The topological polar surface area (TPSA) is 105 Å². The smallest absolute Gasteiger partial charge is 0.357 e. The Hall–Kier alpha value is -2.22. The van der Waals surface area contributed by atoms with E-state index in [1.165, 1.54) is 11.3 Å². The summed E-state index contributed by atoms with van der Waals surface area (Å²) >= 11 is 1.43. The van der Waals surface area contributed by atoms with E-state index in [4.69, 9.17) is 9.52 Å². The van der Waals surface area contributed by atoms with Gasteiger partial charge in [0.2, 0.25) is 5.89 Å². The van der Waals surface area contributed by atoms with Crippen molar-refractivity contribution < 1.29 is 19.1 Å². The zero-order valence-electron chi connectivity index (χ0n) is 11.8. The molecule has 0 aliphatic carbocycles. The summed E-state index contributed by atoms with van der Waals surface area (Å²) in [6, 6.07) is 0. The van der Waals surface area contributed by atoms with Crippen molar-refractivity contribution in [2.75, 3.05) is 0 Å². The van der Waals surface area contributed by atoms with Gasteiger partial charge in [0, 0.05) is 10.8 Å². The molecule has 0 aromatic carbocycles. The lowest BCUT2D eigenvalue weighted by Gasteiger charge is -2.13. The van der Waals surface area contributed by atoms with Crippen LogP contribution in [0.1, 0.15) is 52.6 Å². The van der Waals surface area contributed by atoms with Gasteiger partial charge >= 0.3 is 5.97 Å². The van der Waals surface area contributed by atoms with Crippen molar-refractivity contribution >= 4 is 23.2 Å². The van der Waals surface area contributed by atoms with Gasteiger partial charge in [-0.05, 0) is 0 Å². The fourth-order valence-corrected chi connectivity index (χ4v) is 2.35. The molecule has 0 bridgehead atoms. The van der Waals surface area contributed by atoms with Gasteiger partial charge in [-0.2, -0.15) is 0 Å². The van der Waals surface area contributed by atoms with Crippen molar-refractivity contribution in [1.82, 2.24) is 15.3 Å². The molecule has 0 fully saturated rings. The van der Waals surface area contributed by atoms with Gasteiger partial charge in [0.15, 0.2) is 5.69 Å². The van der Waals surface area contributed by atoms with Gasteiger partial charge in [-0.15, -0.1) is 11.3 Å². The molecule has 0 aliphatic rings. The van der Waals surface area contributed by atoms with Crippen LogP contribution in [0.2, 0.25) is 0 Å². The molecule has 112 valence electrons. The van der Waals surface area contributed by atoms with E-state index in [2.05, 4.69) is 15.3 Å². The number of oxazole rings is 1. The molecular weight excluding hydrogens is 294 g/mol. The number of carbonyl (C=O) groups is 2. The average molecular weight is 309 g/mol. The number of aromatic carboxylic acids is 1. The zero-order valence-corrected chi connectivity index (χ0v) is 12.7. The van der Waals surface area contributed by atoms with Gasteiger partial charge in [0.1, 0.15) is 12.0 Å². The first-order chi connectivity index (χ1) is 9.77. The van der Waals surface area contributed by atoms with Crippen LogP contribution < -0.4 is 5.32 Å². The number of amides is 1. The molecule has 2 aromatic heterocycles. The third-order valence-corrected chi connectivity index (χ3v) is 3.82. The van der Waals surface area contributed by atoms with E-state index in [0.717, 1.165) is 11.3 Å². The minimum absolute atomic E-state index is 0.00842. The maximum Gasteiger partial charge on any atom is 0.357 e. The number of aromatic nitrogens is 2. The molecule has 2 heterocycles. The van der Waals surface area contributed by atoms with E-state index in [1.54, 1.807) is 5.38 Å². The summed E-state index contributed by atoms with van der Waals surface area (Å²) in [6.45, 7) is 6.07. The fourth-order valence-electron chi connectivity index (χ4n) is 1.46.